The normalized spacial score (nSPS) is 10.5. The van der Waals surface area contributed by atoms with E-state index in [1.807, 2.05) is 6.07 Å². The Bertz CT molecular complexity index is 412. The van der Waals surface area contributed by atoms with Gasteiger partial charge in [0, 0.05) is 12.7 Å². The molecule has 0 saturated carbocycles. The average Bonchev–Trinajstić information content (AvgIpc) is 2.74. The molecule has 4 nitrogen and oxygen atoms in total. The third kappa shape index (κ3) is 2.63. The van der Waals surface area contributed by atoms with Gasteiger partial charge in [0.15, 0.2) is 6.39 Å². The highest BCUT2D eigenvalue weighted by Gasteiger charge is 1.99. The molecule has 0 fully saturated rings. The van der Waals surface area contributed by atoms with Crippen LogP contribution in [0.4, 0.5) is 0 Å². The smallest absolute Gasteiger partial charge is 0.180 e. The summed E-state index contributed by atoms with van der Waals surface area (Å²) < 4.78 is 5.11. The molecule has 2 aromatic heterocycles. The molecule has 2 rings (SSSR count). The quantitative estimate of drug-likeness (QED) is 0.821. The lowest BCUT2D eigenvalue weighted by Gasteiger charge is -2.04. The summed E-state index contributed by atoms with van der Waals surface area (Å²) in [6.07, 6.45) is 4.94. The Morgan fingerprint density at radius 1 is 1.40 bits per heavy atom. The summed E-state index contributed by atoms with van der Waals surface area (Å²) in [4.78, 5) is 8.13. The molecule has 0 amide bonds. The molecule has 1 N–H and O–H groups in total. The molecule has 0 aromatic carbocycles. The number of rotatable bonds is 4. The molecule has 0 saturated heterocycles. The van der Waals surface area contributed by atoms with E-state index in [-0.39, 0.29) is 0 Å². The van der Waals surface area contributed by atoms with Gasteiger partial charge in [0.05, 0.1) is 18.4 Å². The highest BCUT2D eigenvalue weighted by molar-refractivity contribution is 5.17. The van der Waals surface area contributed by atoms with Crippen molar-refractivity contribution < 1.29 is 4.42 Å². The molecular formula is C11H13N3O. The summed E-state index contributed by atoms with van der Waals surface area (Å²) >= 11 is 0. The van der Waals surface area contributed by atoms with Crippen molar-refractivity contribution >= 4 is 0 Å². The van der Waals surface area contributed by atoms with Gasteiger partial charge in [-0.1, -0.05) is 6.07 Å². The van der Waals surface area contributed by atoms with Gasteiger partial charge in [0.1, 0.15) is 5.76 Å². The second-order valence-corrected chi connectivity index (χ2v) is 3.34. The van der Waals surface area contributed by atoms with Crippen LogP contribution in [0.1, 0.15) is 17.0 Å². The lowest BCUT2D eigenvalue weighted by atomic mass is 10.2. The highest BCUT2D eigenvalue weighted by atomic mass is 16.3. The van der Waals surface area contributed by atoms with Gasteiger partial charge in [0.2, 0.25) is 0 Å². The lowest BCUT2D eigenvalue weighted by molar-refractivity contribution is 0.477. The maximum atomic E-state index is 5.11. The summed E-state index contributed by atoms with van der Waals surface area (Å²) in [6.45, 7) is 3.47. The van der Waals surface area contributed by atoms with Gasteiger partial charge in [-0.05, 0) is 18.6 Å². The molecule has 0 aliphatic heterocycles. The molecule has 4 heteroatoms. The van der Waals surface area contributed by atoms with Crippen LogP contribution >= 0.6 is 0 Å². The second-order valence-electron chi connectivity index (χ2n) is 3.34. The van der Waals surface area contributed by atoms with Crippen LogP contribution in [0.3, 0.4) is 0 Å². The van der Waals surface area contributed by atoms with Crippen LogP contribution in [0.25, 0.3) is 0 Å². The minimum absolute atomic E-state index is 0.677. The van der Waals surface area contributed by atoms with E-state index in [4.69, 9.17) is 4.42 Å². The monoisotopic (exact) mass is 203 g/mol. The zero-order valence-electron chi connectivity index (χ0n) is 8.60. The van der Waals surface area contributed by atoms with E-state index in [9.17, 15) is 0 Å². The Balaban J connectivity index is 1.86. The zero-order valence-corrected chi connectivity index (χ0v) is 8.60. The lowest BCUT2D eigenvalue weighted by Crippen LogP contribution is -2.14. The number of hydrogen-bond donors (Lipinski definition) is 1. The maximum absolute atomic E-state index is 5.11. The Morgan fingerprint density at radius 2 is 2.33 bits per heavy atom. The van der Waals surface area contributed by atoms with Gasteiger partial charge in [-0.25, -0.2) is 4.98 Å². The number of nitrogens with one attached hydrogen (secondary N) is 1. The number of hydrogen-bond acceptors (Lipinski definition) is 4. The molecule has 0 atom stereocenters. The fourth-order valence-corrected chi connectivity index (χ4v) is 1.34. The van der Waals surface area contributed by atoms with Gasteiger partial charge < -0.3 is 9.73 Å². The third-order valence-corrected chi connectivity index (χ3v) is 2.19. The van der Waals surface area contributed by atoms with E-state index in [1.165, 1.54) is 12.0 Å². The number of aryl methyl sites for hydroxylation is 1. The summed E-state index contributed by atoms with van der Waals surface area (Å²) in [5, 5.41) is 3.25. The van der Waals surface area contributed by atoms with E-state index in [0.29, 0.717) is 6.54 Å². The van der Waals surface area contributed by atoms with Crippen molar-refractivity contribution in [3.63, 3.8) is 0 Å². The molecule has 0 bridgehead atoms. The minimum Gasteiger partial charge on any atom is -0.447 e. The SMILES string of the molecule is Cc1cccnc1CNCc1cnco1. The Labute approximate surface area is 88.4 Å². The topological polar surface area (TPSA) is 51.0 Å². The maximum Gasteiger partial charge on any atom is 0.180 e. The van der Waals surface area contributed by atoms with E-state index in [2.05, 4.69) is 28.3 Å². The van der Waals surface area contributed by atoms with Crippen molar-refractivity contribution in [3.05, 3.63) is 47.9 Å². The first-order valence-electron chi connectivity index (χ1n) is 4.85. The van der Waals surface area contributed by atoms with Crippen molar-refractivity contribution in [1.29, 1.82) is 0 Å². The molecule has 0 aliphatic carbocycles. The van der Waals surface area contributed by atoms with Crippen LogP contribution in [-0.2, 0) is 13.1 Å². The van der Waals surface area contributed by atoms with Gasteiger partial charge in [0.25, 0.3) is 0 Å². The zero-order chi connectivity index (χ0) is 10.5. The van der Waals surface area contributed by atoms with Crippen LogP contribution in [-0.4, -0.2) is 9.97 Å². The van der Waals surface area contributed by atoms with Crippen molar-refractivity contribution in [2.75, 3.05) is 0 Å². The fourth-order valence-electron chi connectivity index (χ4n) is 1.34. The molecule has 2 heterocycles. The van der Waals surface area contributed by atoms with Crippen molar-refractivity contribution in [2.45, 2.75) is 20.0 Å². The average molecular weight is 203 g/mol. The first-order valence-corrected chi connectivity index (χ1v) is 4.85. The van der Waals surface area contributed by atoms with E-state index >= 15 is 0 Å². The van der Waals surface area contributed by atoms with Crippen molar-refractivity contribution in [3.8, 4) is 0 Å². The minimum atomic E-state index is 0.677. The first-order chi connectivity index (χ1) is 7.36. The van der Waals surface area contributed by atoms with Crippen LogP contribution in [0, 0.1) is 6.92 Å². The molecule has 0 aliphatic rings. The van der Waals surface area contributed by atoms with Gasteiger partial charge >= 0.3 is 0 Å². The summed E-state index contributed by atoms with van der Waals surface area (Å²) in [5.74, 6) is 0.837. The van der Waals surface area contributed by atoms with Crippen molar-refractivity contribution in [2.24, 2.45) is 0 Å². The molecular weight excluding hydrogens is 190 g/mol. The van der Waals surface area contributed by atoms with Gasteiger partial charge in [-0.3, -0.25) is 4.98 Å². The Kier molecular flexibility index (Phi) is 3.09. The summed E-state index contributed by atoms with van der Waals surface area (Å²) in [5.41, 5.74) is 2.26. The second kappa shape index (κ2) is 4.70. The van der Waals surface area contributed by atoms with E-state index in [0.717, 1.165) is 18.0 Å². The Hall–Kier alpha value is -1.68. The number of nitrogens with zero attached hydrogens (tertiary/aromatic N) is 2. The molecule has 15 heavy (non-hydrogen) atoms. The predicted octanol–water partition coefficient (Wildman–Crippen LogP) is 1.67. The van der Waals surface area contributed by atoms with Gasteiger partial charge in [-0.2, -0.15) is 0 Å². The number of oxazole rings is 1. The Morgan fingerprint density at radius 3 is 3.07 bits per heavy atom. The summed E-state index contributed by atoms with van der Waals surface area (Å²) in [7, 11) is 0. The molecule has 0 spiro atoms. The van der Waals surface area contributed by atoms with Crippen LogP contribution < -0.4 is 5.32 Å². The standard InChI is InChI=1S/C11H13N3O/c1-9-3-2-4-14-11(9)7-12-5-10-6-13-8-15-10/h2-4,6,8,12H,5,7H2,1H3. The third-order valence-electron chi connectivity index (χ3n) is 2.19. The number of aromatic nitrogens is 2. The van der Waals surface area contributed by atoms with E-state index in [1.54, 1.807) is 12.4 Å². The molecule has 0 unspecified atom stereocenters. The predicted molar refractivity (Wildman–Crippen MR) is 56.0 cm³/mol. The molecule has 2 aromatic rings. The molecule has 0 radical (unpaired) electrons. The van der Waals surface area contributed by atoms with E-state index < -0.39 is 0 Å². The first kappa shape index (κ1) is 9.86. The molecule has 78 valence electrons. The highest BCUT2D eigenvalue weighted by Crippen LogP contribution is 2.03. The van der Waals surface area contributed by atoms with Crippen LogP contribution in [0.2, 0.25) is 0 Å². The summed E-state index contributed by atoms with van der Waals surface area (Å²) in [6, 6.07) is 3.99. The van der Waals surface area contributed by atoms with Crippen LogP contribution in [0.15, 0.2) is 35.3 Å². The largest absolute Gasteiger partial charge is 0.447 e. The van der Waals surface area contributed by atoms with Gasteiger partial charge in [-0.15, -0.1) is 0 Å². The van der Waals surface area contributed by atoms with Crippen molar-refractivity contribution in [1.82, 2.24) is 15.3 Å². The van der Waals surface area contributed by atoms with Crippen LogP contribution in [0.5, 0.6) is 0 Å². The number of pyridine rings is 1. The fraction of sp³-hybridized carbons (Fsp3) is 0.273.